The highest BCUT2D eigenvalue weighted by Gasteiger charge is 2.44. The van der Waals surface area contributed by atoms with Crippen LogP contribution < -0.4 is 5.32 Å². The second-order valence-corrected chi connectivity index (χ2v) is 8.74. The van der Waals surface area contributed by atoms with Crippen molar-refractivity contribution < 1.29 is 18.3 Å². The molecule has 1 aromatic heterocycles. The lowest BCUT2D eigenvalue weighted by Crippen LogP contribution is -2.34. The van der Waals surface area contributed by atoms with E-state index in [-0.39, 0.29) is 11.4 Å². The third kappa shape index (κ3) is 3.97. The Morgan fingerprint density at radius 2 is 1.94 bits per heavy atom. The number of imidazole rings is 1. The topological polar surface area (TPSA) is 50.1 Å². The van der Waals surface area contributed by atoms with E-state index >= 15 is 0 Å². The fourth-order valence-electron chi connectivity index (χ4n) is 4.13. The minimum atomic E-state index is -4.77. The molecule has 166 valence electrons. The van der Waals surface area contributed by atoms with Gasteiger partial charge in [-0.25, -0.2) is 4.98 Å². The van der Waals surface area contributed by atoms with Crippen LogP contribution in [0.15, 0.2) is 24.3 Å². The summed E-state index contributed by atoms with van der Waals surface area (Å²) in [5.41, 5.74) is 2.16. The van der Waals surface area contributed by atoms with Crippen LogP contribution in [0, 0.1) is 0 Å². The molecule has 0 radical (unpaired) electrons. The van der Waals surface area contributed by atoms with E-state index in [1.165, 1.54) is 0 Å². The second kappa shape index (κ2) is 8.35. The first-order chi connectivity index (χ1) is 14.6. The summed E-state index contributed by atoms with van der Waals surface area (Å²) >= 11 is 19.1. The molecule has 10 heteroatoms. The molecule has 0 amide bonds. The number of hydrogen-bond acceptors (Lipinski definition) is 3. The number of alkyl halides is 3. The number of benzene rings is 2. The van der Waals surface area contributed by atoms with Crippen molar-refractivity contribution in [2.75, 3.05) is 11.9 Å². The Kier molecular flexibility index (Phi) is 6.07. The van der Waals surface area contributed by atoms with Crippen molar-refractivity contribution in [3.8, 4) is 11.1 Å². The number of aliphatic hydroxyl groups is 1. The summed E-state index contributed by atoms with van der Waals surface area (Å²) in [5.74, 6) is -0.660. The van der Waals surface area contributed by atoms with Gasteiger partial charge in [-0.15, -0.1) is 0 Å². The summed E-state index contributed by atoms with van der Waals surface area (Å²) in [7, 11) is 0. The van der Waals surface area contributed by atoms with E-state index in [9.17, 15) is 18.3 Å². The zero-order chi connectivity index (χ0) is 22.5. The van der Waals surface area contributed by atoms with E-state index < -0.39 is 18.2 Å². The van der Waals surface area contributed by atoms with Crippen LogP contribution in [0.4, 0.5) is 19.1 Å². The molecule has 2 atom stereocenters. The van der Waals surface area contributed by atoms with Gasteiger partial charge in [0.1, 0.15) is 5.52 Å². The number of fused-ring (bicyclic) bond motifs is 3. The molecule has 0 spiro atoms. The minimum absolute atomic E-state index is 0.0686. The molecular formula is C21H19Cl3F3N3O. The second-order valence-electron chi connectivity index (χ2n) is 7.52. The largest absolute Gasteiger partial charge is 0.414 e. The van der Waals surface area contributed by atoms with Crippen LogP contribution in [0.2, 0.25) is 15.1 Å². The molecule has 2 N–H and O–H groups in total. The zero-order valence-electron chi connectivity index (χ0n) is 16.4. The van der Waals surface area contributed by atoms with Crippen LogP contribution in [0.3, 0.4) is 0 Å². The molecular weight excluding hydrogens is 474 g/mol. The molecule has 2 unspecified atom stereocenters. The molecule has 0 saturated heterocycles. The molecule has 3 aromatic rings. The Bertz CT molecular complexity index is 1150. The summed E-state index contributed by atoms with van der Waals surface area (Å²) in [5, 5.41) is 14.4. The predicted molar refractivity (Wildman–Crippen MR) is 118 cm³/mol. The Hall–Kier alpha value is -1.67. The monoisotopic (exact) mass is 491 g/mol. The van der Waals surface area contributed by atoms with E-state index in [4.69, 9.17) is 34.8 Å². The van der Waals surface area contributed by atoms with Crippen LogP contribution in [0.5, 0.6) is 0 Å². The number of rotatable bonds is 4. The summed E-state index contributed by atoms with van der Waals surface area (Å²) in [6.07, 6.45) is -6.44. The summed E-state index contributed by atoms with van der Waals surface area (Å²) in [6.45, 7) is 2.90. The molecule has 1 aliphatic heterocycles. The lowest BCUT2D eigenvalue weighted by atomic mass is 9.87. The maximum Gasteiger partial charge on any atom is 0.414 e. The highest BCUT2D eigenvalue weighted by Crippen LogP contribution is 2.45. The van der Waals surface area contributed by atoms with Crippen molar-refractivity contribution in [2.24, 2.45) is 0 Å². The average Bonchev–Trinajstić information content (AvgIpc) is 3.10. The number of nitrogens with zero attached hydrogens (tertiary/aromatic N) is 2. The molecule has 4 rings (SSSR count). The minimum Gasteiger partial charge on any atom is -0.383 e. The highest BCUT2D eigenvalue weighted by atomic mass is 35.5. The molecule has 2 heterocycles. The van der Waals surface area contributed by atoms with Gasteiger partial charge in [-0.1, -0.05) is 47.8 Å². The van der Waals surface area contributed by atoms with Gasteiger partial charge in [-0.05, 0) is 36.6 Å². The molecule has 0 fully saturated rings. The first-order valence-corrected chi connectivity index (χ1v) is 10.9. The fraction of sp³-hybridized carbons (Fsp3) is 0.381. The van der Waals surface area contributed by atoms with Gasteiger partial charge < -0.3 is 15.0 Å². The summed E-state index contributed by atoms with van der Waals surface area (Å²) in [4.78, 5) is 4.57. The fourth-order valence-corrected chi connectivity index (χ4v) is 4.93. The molecule has 1 aliphatic rings. The van der Waals surface area contributed by atoms with Gasteiger partial charge in [-0.3, -0.25) is 0 Å². The van der Waals surface area contributed by atoms with Gasteiger partial charge in [0.25, 0.3) is 0 Å². The van der Waals surface area contributed by atoms with Crippen molar-refractivity contribution in [1.29, 1.82) is 0 Å². The van der Waals surface area contributed by atoms with Gasteiger partial charge >= 0.3 is 6.18 Å². The first-order valence-electron chi connectivity index (χ1n) is 9.80. The molecule has 0 aliphatic carbocycles. The van der Waals surface area contributed by atoms with E-state index in [0.717, 1.165) is 6.42 Å². The van der Waals surface area contributed by atoms with Gasteiger partial charge in [0, 0.05) is 40.2 Å². The molecule has 31 heavy (non-hydrogen) atoms. The van der Waals surface area contributed by atoms with Gasteiger partial charge in [0.2, 0.25) is 5.95 Å². The quantitative estimate of drug-likeness (QED) is 0.417. The lowest BCUT2D eigenvalue weighted by molar-refractivity contribution is -0.210. The number of aromatic nitrogens is 2. The van der Waals surface area contributed by atoms with Crippen LogP contribution in [-0.2, 0) is 6.54 Å². The number of nitrogens with one attached hydrogen (secondary N) is 1. The number of halogens is 6. The standard InChI is InChI=1S/C21H19Cl3F3N3O/c1-2-11(19(31)21(25,26)27)14-9-13(12-5-4-10(22)8-15(12)23)16(24)17-18(14)30-7-3-6-28-20(30)29-17/h4-5,8-9,11,19,31H,2-3,6-7H2,1H3,(H,28,29). The maximum atomic E-state index is 13.5. The third-order valence-corrected chi connectivity index (χ3v) is 6.53. The lowest BCUT2D eigenvalue weighted by Gasteiger charge is -2.27. The van der Waals surface area contributed by atoms with Gasteiger partial charge in [0.05, 0.1) is 10.5 Å². The van der Waals surface area contributed by atoms with E-state index in [2.05, 4.69) is 10.3 Å². The normalized spacial score (nSPS) is 16.1. The van der Waals surface area contributed by atoms with Crippen LogP contribution in [0.25, 0.3) is 22.2 Å². The van der Waals surface area contributed by atoms with Crippen LogP contribution in [-0.4, -0.2) is 33.5 Å². The smallest absolute Gasteiger partial charge is 0.383 e. The summed E-state index contributed by atoms with van der Waals surface area (Å²) in [6, 6.07) is 6.42. The Balaban J connectivity index is 2.05. The molecule has 0 saturated carbocycles. The SMILES string of the molecule is CCC(c1cc(-c2ccc(Cl)cc2Cl)c(Cl)c2nc3n(c12)CCCN3)C(O)C(F)(F)F. The number of aliphatic hydroxyl groups excluding tert-OH is 1. The van der Waals surface area contributed by atoms with Crippen LogP contribution in [0.1, 0.15) is 31.2 Å². The molecule has 0 bridgehead atoms. The van der Waals surface area contributed by atoms with Crippen molar-refractivity contribution in [3.05, 3.63) is 44.9 Å². The van der Waals surface area contributed by atoms with Crippen molar-refractivity contribution in [1.82, 2.24) is 9.55 Å². The number of aryl methyl sites for hydroxylation is 1. The first kappa shape index (κ1) is 22.5. The van der Waals surface area contributed by atoms with Gasteiger partial charge in [0.15, 0.2) is 6.10 Å². The predicted octanol–water partition coefficient (Wildman–Crippen LogP) is 6.90. The van der Waals surface area contributed by atoms with Crippen molar-refractivity contribution in [3.63, 3.8) is 0 Å². The zero-order valence-corrected chi connectivity index (χ0v) is 18.7. The van der Waals surface area contributed by atoms with E-state index in [1.807, 2.05) is 4.57 Å². The molecule has 4 nitrogen and oxygen atoms in total. The Morgan fingerprint density at radius 3 is 2.58 bits per heavy atom. The average molecular weight is 493 g/mol. The Labute approximate surface area is 191 Å². The highest BCUT2D eigenvalue weighted by molar-refractivity contribution is 6.40. The third-order valence-electron chi connectivity index (χ3n) is 5.60. The number of hydrogen-bond donors (Lipinski definition) is 2. The van der Waals surface area contributed by atoms with Gasteiger partial charge in [-0.2, -0.15) is 13.2 Å². The maximum absolute atomic E-state index is 13.5. The number of anilines is 1. The summed E-state index contributed by atoms with van der Waals surface area (Å²) < 4.78 is 42.3. The van der Waals surface area contributed by atoms with Crippen LogP contribution >= 0.6 is 34.8 Å². The molecule has 2 aromatic carbocycles. The van der Waals surface area contributed by atoms with Crippen molar-refractivity contribution >= 4 is 51.8 Å². The Morgan fingerprint density at radius 1 is 1.19 bits per heavy atom. The van der Waals surface area contributed by atoms with Crippen molar-refractivity contribution in [2.45, 2.75) is 44.5 Å². The van der Waals surface area contributed by atoms with E-state index in [1.54, 1.807) is 31.2 Å². The van der Waals surface area contributed by atoms with E-state index in [0.29, 0.717) is 56.8 Å².